The second kappa shape index (κ2) is 14.5. The van der Waals surface area contributed by atoms with Crippen molar-refractivity contribution < 1.29 is 50.9 Å². The smallest absolute Gasteiger partial charge is 0.418 e. The Labute approximate surface area is 273 Å². The SMILES string of the molecule is C[n+]1cc(-c2ccc(OCC(O/N=C(\C(=O)C[C@@H]3C(=O)N(OS(=O)(=O)O)C3(C)C)c3csc(N)n3)C(=O)O)cc2)cnc1CCCN. The van der Waals surface area contributed by atoms with E-state index in [-0.39, 0.29) is 10.8 Å². The van der Waals surface area contributed by atoms with Gasteiger partial charge in [-0.2, -0.15) is 13.5 Å². The van der Waals surface area contributed by atoms with Crippen LogP contribution in [0.1, 0.15) is 38.2 Å². The molecule has 1 unspecified atom stereocenters. The lowest BCUT2D eigenvalue weighted by Gasteiger charge is -2.50. The maximum Gasteiger partial charge on any atom is 0.418 e. The van der Waals surface area contributed by atoms with E-state index in [9.17, 15) is 27.9 Å². The highest BCUT2D eigenvalue weighted by Gasteiger charge is 2.57. The van der Waals surface area contributed by atoms with Gasteiger partial charge in [0.25, 0.3) is 17.8 Å². The molecule has 4 rings (SSSR count). The molecule has 0 spiro atoms. The number of oxime groups is 1. The van der Waals surface area contributed by atoms with Crippen molar-refractivity contribution >= 4 is 50.2 Å². The van der Waals surface area contributed by atoms with Crippen molar-refractivity contribution in [2.45, 2.75) is 44.8 Å². The number of nitrogens with zero attached hydrogens (tertiary/aromatic N) is 5. The molecule has 1 amide bonds. The van der Waals surface area contributed by atoms with E-state index < -0.39 is 64.4 Å². The zero-order chi connectivity index (χ0) is 34.5. The lowest BCUT2D eigenvalue weighted by molar-refractivity contribution is -0.682. The Balaban J connectivity index is 1.44. The predicted octanol–water partition coefficient (Wildman–Crippen LogP) is 0.687. The van der Waals surface area contributed by atoms with Gasteiger partial charge in [-0.3, -0.25) is 14.1 Å². The molecule has 3 heterocycles. The number of aryl methyl sites for hydroxylation is 2. The second-order valence-electron chi connectivity index (χ2n) is 11.0. The zero-order valence-electron chi connectivity index (χ0n) is 25.6. The fourth-order valence-corrected chi connectivity index (χ4v) is 5.67. The molecule has 19 heteroatoms. The molecule has 6 N–H and O–H groups in total. The third kappa shape index (κ3) is 8.63. The molecule has 0 aliphatic carbocycles. The number of carbonyl (C=O) groups is 3. The fraction of sp³-hybridized carbons (Fsp3) is 0.393. The number of β-lactam (4-membered cyclic amide) rings is 1. The molecule has 1 aromatic carbocycles. The molecule has 2 atom stereocenters. The van der Waals surface area contributed by atoms with Crippen LogP contribution in [0.3, 0.4) is 0 Å². The lowest BCUT2D eigenvalue weighted by atomic mass is 9.74. The summed E-state index contributed by atoms with van der Waals surface area (Å²) >= 11 is 0.985. The number of hydroxylamine groups is 2. The minimum Gasteiger partial charge on any atom is -0.489 e. The zero-order valence-corrected chi connectivity index (χ0v) is 27.2. The first-order valence-corrected chi connectivity index (χ1v) is 16.3. The molecule has 2 aromatic heterocycles. The van der Waals surface area contributed by atoms with E-state index in [1.807, 2.05) is 17.8 Å². The van der Waals surface area contributed by atoms with Gasteiger partial charge in [0.15, 0.2) is 22.8 Å². The molecular formula is C28H34N7O10S2+. The Morgan fingerprint density at radius 1 is 1.23 bits per heavy atom. The number of Topliss-reactive ketones (excluding diaryl/α,β-unsaturated/α-hetero) is 1. The summed E-state index contributed by atoms with van der Waals surface area (Å²) < 4.78 is 43.1. The summed E-state index contributed by atoms with van der Waals surface area (Å²) in [7, 11) is -3.09. The van der Waals surface area contributed by atoms with Gasteiger partial charge in [0.05, 0.1) is 30.5 Å². The van der Waals surface area contributed by atoms with Crippen LogP contribution in [0, 0.1) is 5.92 Å². The number of nitrogens with two attached hydrogens (primary N) is 2. The second-order valence-corrected chi connectivity index (χ2v) is 12.9. The van der Waals surface area contributed by atoms with Crippen LogP contribution in [-0.2, 0) is 47.4 Å². The number of ketones is 1. The van der Waals surface area contributed by atoms with Crippen LogP contribution in [0.15, 0.2) is 47.2 Å². The van der Waals surface area contributed by atoms with Crippen LogP contribution in [0.4, 0.5) is 5.13 Å². The fourth-order valence-electron chi connectivity index (χ4n) is 4.67. The van der Waals surface area contributed by atoms with Crippen LogP contribution in [0.2, 0.25) is 0 Å². The van der Waals surface area contributed by atoms with Crippen molar-refractivity contribution in [3.05, 3.63) is 53.6 Å². The van der Waals surface area contributed by atoms with Gasteiger partial charge >= 0.3 is 16.4 Å². The normalized spacial score (nSPS) is 16.8. The van der Waals surface area contributed by atoms with Gasteiger partial charge in [0.1, 0.15) is 24.2 Å². The van der Waals surface area contributed by atoms with E-state index in [0.29, 0.717) is 17.4 Å². The third-order valence-electron chi connectivity index (χ3n) is 7.29. The number of nitrogen functional groups attached to an aromatic ring is 1. The number of thiazole rings is 1. The van der Waals surface area contributed by atoms with E-state index in [2.05, 4.69) is 19.4 Å². The topological polar surface area (TPSA) is 251 Å². The van der Waals surface area contributed by atoms with Gasteiger partial charge < -0.3 is 26.1 Å². The van der Waals surface area contributed by atoms with Crippen molar-refractivity contribution in [2.75, 3.05) is 18.9 Å². The number of carbonyl (C=O) groups excluding carboxylic acids is 2. The Morgan fingerprint density at radius 3 is 2.49 bits per heavy atom. The molecule has 0 saturated carbocycles. The standard InChI is InChI=1S/C28H33N7O10S2/c1-28(2)19(25(37)35(28)45-47(40,41)42)11-21(36)24(20-15-46-27(30)32-20)33-44-22(26(38)39)14-43-18-8-6-16(7-9-18)17-12-31-23(5-4-10-29)34(3)13-17/h6-9,12-13,15,19,22H,4-5,10-11,14,29H2,1-3H3,(H3-,30,32,38,39,40,41,42)/p+1/b33-24-/t19-,22?/m1/s1. The monoisotopic (exact) mass is 692 g/mol. The van der Waals surface area contributed by atoms with Crippen molar-refractivity contribution in [3.8, 4) is 16.9 Å². The number of ether oxygens (including phenoxy) is 1. The first-order valence-electron chi connectivity index (χ1n) is 14.1. The highest BCUT2D eigenvalue weighted by molar-refractivity contribution is 7.80. The van der Waals surface area contributed by atoms with Crippen LogP contribution in [-0.4, -0.2) is 81.3 Å². The molecule has 252 valence electrons. The minimum absolute atomic E-state index is 0.0240. The minimum atomic E-state index is -4.99. The number of benzene rings is 1. The number of aromatic nitrogens is 3. The number of hydrogen-bond donors (Lipinski definition) is 4. The van der Waals surface area contributed by atoms with E-state index >= 15 is 0 Å². The summed E-state index contributed by atoms with van der Waals surface area (Å²) in [5, 5.41) is 15.4. The maximum absolute atomic E-state index is 13.3. The van der Waals surface area contributed by atoms with Gasteiger partial charge in [-0.05, 0) is 44.5 Å². The molecule has 17 nitrogen and oxygen atoms in total. The highest BCUT2D eigenvalue weighted by Crippen LogP contribution is 2.40. The van der Waals surface area contributed by atoms with Gasteiger partial charge in [0.2, 0.25) is 0 Å². The van der Waals surface area contributed by atoms with E-state index in [4.69, 9.17) is 25.6 Å². The van der Waals surface area contributed by atoms with E-state index in [1.54, 1.807) is 30.5 Å². The van der Waals surface area contributed by atoms with Gasteiger partial charge in [-0.15, -0.1) is 15.6 Å². The van der Waals surface area contributed by atoms with Crippen molar-refractivity contribution in [1.29, 1.82) is 0 Å². The molecule has 0 radical (unpaired) electrons. The maximum atomic E-state index is 13.3. The van der Waals surface area contributed by atoms with Gasteiger partial charge in [-0.1, -0.05) is 22.3 Å². The number of carboxylic acid groups (broad SMARTS) is 1. The average Bonchev–Trinajstić information content (AvgIpc) is 3.44. The Hall–Kier alpha value is -4.56. The predicted molar refractivity (Wildman–Crippen MR) is 166 cm³/mol. The molecule has 3 aromatic rings. The number of aliphatic carboxylic acids is 1. The van der Waals surface area contributed by atoms with E-state index in [0.717, 1.165) is 41.1 Å². The number of hydrogen-bond acceptors (Lipinski definition) is 14. The largest absolute Gasteiger partial charge is 0.489 e. The summed E-state index contributed by atoms with van der Waals surface area (Å²) in [6.45, 7) is 2.94. The molecule has 1 aliphatic heterocycles. The molecule has 47 heavy (non-hydrogen) atoms. The van der Waals surface area contributed by atoms with Crippen LogP contribution < -0.4 is 20.8 Å². The molecule has 0 bridgehead atoms. The molecule has 1 aliphatic rings. The number of anilines is 1. The van der Waals surface area contributed by atoms with Crippen molar-refractivity contribution in [2.24, 2.45) is 23.9 Å². The third-order valence-corrected chi connectivity index (χ3v) is 8.31. The summed E-state index contributed by atoms with van der Waals surface area (Å²) in [4.78, 5) is 51.6. The van der Waals surface area contributed by atoms with Crippen LogP contribution in [0.5, 0.6) is 5.75 Å². The van der Waals surface area contributed by atoms with Gasteiger partial charge in [-0.25, -0.2) is 14.3 Å². The first-order chi connectivity index (χ1) is 22.1. The Kier molecular flexibility index (Phi) is 10.9. The average molecular weight is 693 g/mol. The van der Waals surface area contributed by atoms with Gasteiger partial charge in [0, 0.05) is 11.8 Å². The Morgan fingerprint density at radius 2 is 1.94 bits per heavy atom. The van der Waals surface area contributed by atoms with Crippen LogP contribution >= 0.6 is 11.3 Å². The van der Waals surface area contributed by atoms with E-state index in [1.165, 1.54) is 19.2 Å². The quantitative estimate of drug-likeness (QED) is 0.0530. The molecule has 1 saturated heterocycles. The summed E-state index contributed by atoms with van der Waals surface area (Å²) in [5.74, 6) is -2.92. The molecular weight excluding hydrogens is 658 g/mol. The van der Waals surface area contributed by atoms with Crippen molar-refractivity contribution in [3.63, 3.8) is 0 Å². The number of rotatable bonds is 16. The summed E-state index contributed by atoms with van der Waals surface area (Å²) in [6.07, 6.45) is 3.14. The van der Waals surface area contributed by atoms with Crippen molar-refractivity contribution in [1.82, 2.24) is 15.0 Å². The molecule has 1 fully saturated rings. The summed E-state index contributed by atoms with van der Waals surface area (Å²) in [5.41, 5.74) is 11.3. The first kappa shape index (κ1) is 35.3. The number of carboxylic acids is 1. The Bertz CT molecular complexity index is 1780. The van der Waals surface area contributed by atoms with Crippen LogP contribution in [0.25, 0.3) is 11.1 Å². The summed E-state index contributed by atoms with van der Waals surface area (Å²) in [6, 6.07) is 6.88. The lowest BCUT2D eigenvalue weighted by Crippen LogP contribution is -2.68. The highest BCUT2D eigenvalue weighted by atomic mass is 32.3. The number of amides is 1.